The van der Waals surface area contributed by atoms with Crippen LogP contribution in [-0.2, 0) is 0 Å². The van der Waals surface area contributed by atoms with Crippen LogP contribution >= 0.6 is 0 Å². The fourth-order valence-corrected chi connectivity index (χ4v) is 1.73. The van der Waals surface area contributed by atoms with E-state index < -0.39 is 4.92 Å². The molecule has 0 atom stereocenters. The number of hydrogen-bond donors (Lipinski definition) is 0. The largest absolute Gasteiger partial charge is 0.490 e. The number of methoxy groups -OCH3 is 2. The second-order valence-corrected chi connectivity index (χ2v) is 3.53. The summed E-state index contributed by atoms with van der Waals surface area (Å²) in [5.74, 6) is 0.383. The van der Waals surface area contributed by atoms with E-state index in [0.29, 0.717) is 11.3 Å². The number of aromatic nitrogens is 2. The fourth-order valence-electron chi connectivity index (χ4n) is 1.73. The first-order chi connectivity index (χ1) is 9.19. The number of nitro groups is 1. The Labute approximate surface area is 109 Å². The van der Waals surface area contributed by atoms with Crippen molar-refractivity contribution in [1.29, 1.82) is 0 Å². The van der Waals surface area contributed by atoms with E-state index in [4.69, 9.17) is 9.47 Å². The Morgan fingerprint density at radius 2 is 1.89 bits per heavy atom. The normalized spacial score (nSPS) is 10.0. The first kappa shape index (κ1) is 12.7. The third-order valence-electron chi connectivity index (χ3n) is 2.51. The van der Waals surface area contributed by atoms with E-state index in [2.05, 4.69) is 9.97 Å². The minimum Gasteiger partial charge on any atom is -0.490 e. The van der Waals surface area contributed by atoms with Crippen LogP contribution in [0, 0.1) is 10.1 Å². The van der Waals surface area contributed by atoms with Crippen LogP contribution in [0.1, 0.15) is 0 Å². The maximum absolute atomic E-state index is 11.2. The maximum Gasteiger partial charge on any atom is 0.320 e. The highest BCUT2D eigenvalue weighted by Gasteiger charge is 2.24. The number of nitrogens with zero attached hydrogens (tertiary/aromatic N) is 3. The van der Waals surface area contributed by atoms with Crippen LogP contribution in [0.4, 0.5) is 5.69 Å². The van der Waals surface area contributed by atoms with Crippen molar-refractivity contribution < 1.29 is 14.4 Å². The zero-order valence-electron chi connectivity index (χ0n) is 10.4. The van der Waals surface area contributed by atoms with Gasteiger partial charge in [-0.15, -0.1) is 0 Å². The van der Waals surface area contributed by atoms with E-state index in [1.807, 2.05) is 0 Å². The molecular weight excluding hydrogens is 250 g/mol. The minimum absolute atomic E-state index is 0.162. The smallest absolute Gasteiger partial charge is 0.320 e. The van der Waals surface area contributed by atoms with E-state index in [9.17, 15) is 10.1 Å². The van der Waals surface area contributed by atoms with Gasteiger partial charge in [0, 0.05) is 12.4 Å². The summed E-state index contributed by atoms with van der Waals surface area (Å²) in [5.41, 5.74) is 0.439. The molecule has 1 aromatic heterocycles. The summed E-state index contributed by atoms with van der Waals surface area (Å²) in [7, 11) is 2.81. The van der Waals surface area contributed by atoms with Gasteiger partial charge >= 0.3 is 5.69 Å². The molecule has 0 radical (unpaired) electrons. The molecule has 0 spiro atoms. The van der Waals surface area contributed by atoms with Crippen molar-refractivity contribution in [3.05, 3.63) is 40.7 Å². The van der Waals surface area contributed by atoms with Crippen molar-refractivity contribution in [3.8, 4) is 22.9 Å². The highest BCUT2D eigenvalue weighted by molar-refractivity contribution is 5.77. The molecule has 0 fully saturated rings. The summed E-state index contributed by atoms with van der Waals surface area (Å²) < 4.78 is 10.1. The number of nitro benzene ring substituents is 1. The van der Waals surface area contributed by atoms with Crippen molar-refractivity contribution in [2.24, 2.45) is 0 Å². The number of rotatable bonds is 4. The quantitative estimate of drug-likeness (QED) is 0.618. The van der Waals surface area contributed by atoms with Gasteiger partial charge in [-0.05, 0) is 12.1 Å². The Morgan fingerprint density at radius 3 is 2.53 bits per heavy atom. The molecule has 2 rings (SSSR count). The van der Waals surface area contributed by atoms with Crippen LogP contribution in [0.25, 0.3) is 11.3 Å². The number of hydrogen-bond acceptors (Lipinski definition) is 6. The summed E-state index contributed by atoms with van der Waals surface area (Å²) in [6.45, 7) is 0. The van der Waals surface area contributed by atoms with E-state index in [0.717, 1.165) is 0 Å². The predicted octanol–water partition coefficient (Wildman–Crippen LogP) is 2.07. The summed E-state index contributed by atoms with van der Waals surface area (Å²) in [4.78, 5) is 18.8. The van der Waals surface area contributed by atoms with Crippen LogP contribution in [0.5, 0.6) is 11.6 Å². The van der Waals surface area contributed by atoms with E-state index >= 15 is 0 Å². The molecule has 0 saturated carbocycles. The molecule has 0 amide bonds. The lowest BCUT2D eigenvalue weighted by Gasteiger charge is -2.08. The lowest BCUT2D eigenvalue weighted by molar-refractivity contribution is -0.385. The van der Waals surface area contributed by atoms with Crippen molar-refractivity contribution in [3.63, 3.8) is 0 Å². The van der Waals surface area contributed by atoms with Crippen molar-refractivity contribution in [1.82, 2.24) is 9.97 Å². The molecule has 1 aromatic carbocycles. The van der Waals surface area contributed by atoms with Gasteiger partial charge in [-0.25, -0.2) is 9.97 Å². The molecule has 0 aliphatic carbocycles. The second kappa shape index (κ2) is 5.30. The molecule has 0 unspecified atom stereocenters. The van der Waals surface area contributed by atoms with Crippen molar-refractivity contribution >= 4 is 5.69 Å². The topological polar surface area (TPSA) is 87.4 Å². The van der Waals surface area contributed by atoms with Crippen molar-refractivity contribution in [2.75, 3.05) is 14.2 Å². The number of para-hydroxylation sites is 1. The van der Waals surface area contributed by atoms with Gasteiger partial charge in [0.15, 0.2) is 5.75 Å². The Kier molecular flexibility index (Phi) is 3.56. The number of benzene rings is 1. The summed E-state index contributed by atoms with van der Waals surface area (Å²) >= 11 is 0. The third kappa shape index (κ3) is 2.30. The van der Waals surface area contributed by atoms with E-state index in [-0.39, 0.29) is 17.3 Å². The van der Waals surface area contributed by atoms with Gasteiger partial charge in [0.05, 0.1) is 24.7 Å². The highest BCUT2D eigenvalue weighted by Crippen LogP contribution is 2.39. The van der Waals surface area contributed by atoms with Gasteiger partial charge in [-0.3, -0.25) is 10.1 Å². The summed E-state index contributed by atoms with van der Waals surface area (Å²) in [6, 6.07) is 4.74. The van der Waals surface area contributed by atoms with Gasteiger partial charge in [-0.2, -0.15) is 0 Å². The molecule has 98 valence electrons. The van der Waals surface area contributed by atoms with Crippen molar-refractivity contribution in [2.45, 2.75) is 0 Å². The fraction of sp³-hybridized carbons (Fsp3) is 0.167. The van der Waals surface area contributed by atoms with Crippen LogP contribution in [0.15, 0.2) is 30.6 Å². The Balaban J connectivity index is 2.71. The van der Waals surface area contributed by atoms with Gasteiger partial charge in [0.25, 0.3) is 0 Å². The molecule has 1 heterocycles. The molecule has 7 nitrogen and oxygen atoms in total. The monoisotopic (exact) mass is 261 g/mol. The zero-order chi connectivity index (χ0) is 13.8. The zero-order valence-corrected chi connectivity index (χ0v) is 10.4. The van der Waals surface area contributed by atoms with E-state index in [1.54, 1.807) is 12.1 Å². The van der Waals surface area contributed by atoms with Crippen LogP contribution in [0.2, 0.25) is 0 Å². The predicted molar refractivity (Wildman–Crippen MR) is 67.2 cm³/mol. The molecule has 0 saturated heterocycles. The molecule has 0 N–H and O–H groups in total. The second-order valence-electron chi connectivity index (χ2n) is 3.53. The standard InChI is InChI=1S/C12H11N3O4/c1-18-9-5-3-4-8(11(9)15(16)17)10-12(19-2)14-7-6-13-10/h3-7H,1-2H3. The molecular formula is C12H11N3O4. The molecule has 0 bridgehead atoms. The van der Waals surface area contributed by atoms with Crippen LogP contribution in [0.3, 0.4) is 0 Å². The number of ether oxygens (including phenoxy) is 2. The average Bonchev–Trinajstić information content (AvgIpc) is 2.46. The Morgan fingerprint density at radius 1 is 1.16 bits per heavy atom. The highest BCUT2D eigenvalue weighted by atomic mass is 16.6. The minimum atomic E-state index is -0.512. The molecule has 0 aliphatic heterocycles. The van der Waals surface area contributed by atoms with Crippen LogP contribution in [-0.4, -0.2) is 29.1 Å². The third-order valence-corrected chi connectivity index (χ3v) is 2.51. The van der Waals surface area contributed by atoms with E-state index in [1.165, 1.54) is 32.7 Å². The molecule has 0 aliphatic rings. The lowest BCUT2D eigenvalue weighted by Crippen LogP contribution is -1.99. The Bertz CT molecular complexity index is 616. The average molecular weight is 261 g/mol. The molecule has 2 aromatic rings. The van der Waals surface area contributed by atoms with Gasteiger partial charge in [0.2, 0.25) is 5.88 Å². The van der Waals surface area contributed by atoms with Crippen LogP contribution < -0.4 is 9.47 Å². The first-order valence-electron chi connectivity index (χ1n) is 5.35. The van der Waals surface area contributed by atoms with Gasteiger partial charge in [-0.1, -0.05) is 6.07 Å². The first-order valence-corrected chi connectivity index (χ1v) is 5.35. The molecule has 7 heteroatoms. The summed E-state index contributed by atoms with van der Waals surface area (Å²) in [6.07, 6.45) is 2.90. The van der Waals surface area contributed by atoms with Gasteiger partial charge < -0.3 is 9.47 Å². The lowest BCUT2D eigenvalue weighted by atomic mass is 10.1. The maximum atomic E-state index is 11.2. The molecule has 19 heavy (non-hydrogen) atoms. The SMILES string of the molecule is COc1cccc(-c2nccnc2OC)c1[N+](=O)[O-]. The summed E-state index contributed by atoms with van der Waals surface area (Å²) in [5, 5.41) is 11.2. The Hall–Kier alpha value is -2.70. The van der Waals surface area contributed by atoms with Gasteiger partial charge in [0.1, 0.15) is 5.69 Å².